The molecule has 1 N–H and O–H groups in total. The summed E-state index contributed by atoms with van der Waals surface area (Å²) in [5.74, 6) is -0.413. The third-order valence-corrected chi connectivity index (χ3v) is 5.35. The van der Waals surface area contributed by atoms with Crippen molar-refractivity contribution in [1.82, 2.24) is 9.55 Å². The number of nitrogens with one attached hydrogen (secondary N) is 1. The molecule has 130 valence electrons. The number of hydrogen-bond donors (Lipinski definition) is 1. The molecular weight excluding hydrogens is 358 g/mol. The van der Waals surface area contributed by atoms with Crippen LogP contribution in [0.5, 0.6) is 0 Å². The highest BCUT2D eigenvalue weighted by molar-refractivity contribution is 7.99. The first kappa shape index (κ1) is 17.5. The molecule has 0 saturated carbocycles. The molecule has 0 fully saturated rings. The molecule has 3 aromatic rings. The van der Waals surface area contributed by atoms with E-state index in [1.807, 2.05) is 35.9 Å². The number of carbonyl (C=O) groups is 2. The lowest BCUT2D eigenvalue weighted by Gasteiger charge is -2.06. The van der Waals surface area contributed by atoms with Gasteiger partial charge in [0.25, 0.3) is 0 Å². The molecule has 0 spiro atoms. The van der Waals surface area contributed by atoms with Gasteiger partial charge in [-0.25, -0.2) is 9.78 Å². The number of imidazole rings is 1. The Hall–Kier alpha value is -2.32. The van der Waals surface area contributed by atoms with E-state index in [9.17, 15) is 9.59 Å². The van der Waals surface area contributed by atoms with Gasteiger partial charge in [-0.1, -0.05) is 23.9 Å². The number of thioether (sulfide) groups is 1. The van der Waals surface area contributed by atoms with Crippen LogP contribution in [0.15, 0.2) is 40.9 Å². The SMILES string of the molecule is CCOC(=O)c1ccsc1NC(=O)CSc1nc2ccccc2n1C. The first-order valence-corrected chi connectivity index (χ1v) is 9.55. The molecule has 0 atom stereocenters. The van der Waals surface area contributed by atoms with E-state index >= 15 is 0 Å². The topological polar surface area (TPSA) is 73.2 Å². The largest absolute Gasteiger partial charge is 0.462 e. The summed E-state index contributed by atoms with van der Waals surface area (Å²) in [5.41, 5.74) is 2.30. The van der Waals surface area contributed by atoms with Crippen LogP contribution in [0, 0.1) is 0 Å². The maximum Gasteiger partial charge on any atom is 0.341 e. The van der Waals surface area contributed by atoms with Gasteiger partial charge in [0.1, 0.15) is 5.00 Å². The number of esters is 1. The Morgan fingerprint density at radius 3 is 2.88 bits per heavy atom. The van der Waals surface area contributed by atoms with Gasteiger partial charge in [-0.2, -0.15) is 0 Å². The van der Waals surface area contributed by atoms with Crippen molar-refractivity contribution in [3.05, 3.63) is 41.3 Å². The third-order valence-electron chi connectivity index (χ3n) is 3.49. The average Bonchev–Trinajstić information content (AvgIpc) is 3.18. The van der Waals surface area contributed by atoms with E-state index in [4.69, 9.17) is 4.74 Å². The quantitative estimate of drug-likeness (QED) is 0.527. The number of para-hydroxylation sites is 2. The highest BCUT2D eigenvalue weighted by atomic mass is 32.2. The lowest BCUT2D eigenvalue weighted by atomic mass is 10.3. The Bertz CT molecular complexity index is 917. The lowest BCUT2D eigenvalue weighted by Crippen LogP contribution is -2.16. The summed E-state index contributed by atoms with van der Waals surface area (Å²) in [7, 11) is 1.92. The summed E-state index contributed by atoms with van der Waals surface area (Å²) in [6.45, 7) is 2.04. The number of rotatable bonds is 6. The molecule has 0 radical (unpaired) electrons. The predicted octanol–water partition coefficient (Wildman–Crippen LogP) is 3.54. The van der Waals surface area contributed by atoms with Crippen molar-refractivity contribution in [3.8, 4) is 0 Å². The van der Waals surface area contributed by atoms with Crippen molar-refractivity contribution in [2.24, 2.45) is 7.05 Å². The van der Waals surface area contributed by atoms with Crippen LogP contribution < -0.4 is 5.32 Å². The zero-order chi connectivity index (χ0) is 17.8. The highest BCUT2D eigenvalue weighted by Crippen LogP contribution is 2.26. The summed E-state index contributed by atoms with van der Waals surface area (Å²) < 4.78 is 6.95. The summed E-state index contributed by atoms with van der Waals surface area (Å²) >= 11 is 2.65. The smallest absolute Gasteiger partial charge is 0.341 e. The van der Waals surface area contributed by atoms with Crippen LogP contribution in [0.1, 0.15) is 17.3 Å². The number of anilines is 1. The molecule has 0 aliphatic rings. The number of carbonyl (C=O) groups excluding carboxylic acids is 2. The zero-order valence-corrected chi connectivity index (χ0v) is 15.4. The molecule has 1 amide bonds. The Morgan fingerprint density at radius 2 is 2.12 bits per heavy atom. The number of aromatic nitrogens is 2. The number of amides is 1. The van der Waals surface area contributed by atoms with Gasteiger partial charge in [0.2, 0.25) is 5.91 Å². The normalized spacial score (nSPS) is 10.8. The van der Waals surface area contributed by atoms with Gasteiger partial charge in [0, 0.05) is 7.05 Å². The maximum absolute atomic E-state index is 12.2. The van der Waals surface area contributed by atoms with Crippen molar-refractivity contribution in [2.45, 2.75) is 12.1 Å². The van der Waals surface area contributed by atoms with E-state index in [1.165, 1.54) is 23.1 Å². The Kier molecular flexibility index (Phi) is 5.40. The molecule has 1 aromatic carbocycles. The molecule has 3 rings (SSSR count). The molecule has 25 heavy (non-hydrogen) atoms. The summed E-state index contributed by atoms with van der Waals surface area (Å²) in [4.78, 5) is 28.6. The average molecular weight is 375 g/mol. The Balaban J connectivity index is 1.64. The minimum atomic E-state index is -0.429. The number of fused-ring (bicyclic) bond motifs is 1. The molecule has 0 bridgehead atoms. The van der Waals surface area contributed by atoms with Crippen LogP contribution >= 0.6 is 23.1 Å². The van der Waals surface area contributed by atoms with E-state index in [1.54, 1.807) is 18.4 Å². The Morgan fingerprint density at radius 1 is 1.32 bits per heavy atom. The maximum atomic E-state index is 12.2. The molecule has 6 nitrogen and oxygen atoms in total. The van der Waals surface area contributed by atoms with Crippen LogP contribution in [0.2, 0.25) is 0 Å². The van der Waals surface area contributed by atoms with Gasteiger partial charge in [0.05, 0.1) is 29.0 Å². The van der Waals surface area contributed by atoms with E-state index in [-0.39, 0.29) is 11.7 Å². The standard InChI is InChI=1S/C17H17N3O3S2/c1-3-23-16(22)11-8-9-24-15(11)19-14(21)10-25-17-18-12-6-4-5-7-13(12)20(17)2/h4-9H,3,10H2,1-2H3,(H,19,21). The summed E-state index contributed by atoms with van der Waals surface area (Å²) in [5, 5.41) is 5.80. The van der Waals surface area contributed by atoms with Crippen molar-refractivity contribution in [3.63, 3.8) is 0 Å². The fourth-order valence-electron chi connectivity index (χ4n) is 2.32. The zero-order valence-electron chi connectivity index (χ0n) is 13.8. The van der Waals surface area contributed by atoms with Gasteiger partial charge >= 0.3 is 5.97 Å². The lowest BCUT2D eigenvalue weighted by molar-refractivity contribution is -0.113. The van der Waals surface area contributed by atoms with Crippen LogP contribution in [0.3, 0.4) is 0 Å². The Labute approximate surface area is 153 Å². The summed E-state index contributed by atoms with van der Waals surface area (Å²) in [6.07, 6.45) is 0. The van der Waals surface area contributed by atoms with Gasteiger partial charge in [-0.15, -0.1) is 11.3 Å². The van der Waals surface area contributed by atoms with E-state index < -0.39 is 5.97 Å². The summed E-state index contributed by atoms with van der Waals surface area (Å²) in [6, 6.07) is 9.47. The van der Waals surface area contributed by atoms with Gasteiger partial charge < -0.3 is 14.6 Å². The fraction of sp³-hybridized carbons (Fsp3) is 0.235. The number of hydrogen-bond acceptors (Lipinski definition) is 6. The molecule has 0 aliphatic heterocycles. The molecule has 2 aromatic heterocycles. The van der Waals surface area contributed by atoms with Gasteiger partial charge in [-0.05, 0) is 30.5 Å². The molecule has 0 unspecified atom stereocenters. The molecule has 8 heteroatoms. The molecule has 2 heterocycles. The minimum Gasteiger partial charge on any atom is -0.462 e. The van der Waals surface area contributed by atoms with E-state index in [2.05, 4.69) is 10.3 Å². The van der Waals surface area contributed by atoms with E-state index in [0.29, 0.717) is 17.2 Å². The second-order valence-corrected chi connectivity index (χ2v) is 7.02. The molecule has 0 aliphatic carbocycles. The molecule has 0 saturated heterocycles. The predicted molar refractivity (Wildman–Crippen MR) is 100 cm³/mol. The van der Waals surface area contributed by atoms with Crippen molar-refractivity contribution >= 4 is 51.0 Å². The van der Waals surface area contributed by atoms with Crippen LogP contribution in [0.25, 0.3) is 11.0 Å². The number of ether oxygens (including phenoxy) is 1. The van der Waals surface area contributed by atoms with Gasteiger partial charge in [-0.3, -0.25) is 4.79 Å². The fourth-order valence-corrected chi connectivity index (χ4v) is 3.90. The van der Waals surface area contributed by atoms with E-state index in [0.717, 1.165) is 16.2 Å². The second kappa shape index (κ2) is 7.71. The van der Waals surface area contributed by atoms with Crippen LogP contribution in [-0.4, -0.2) is 33.8 Å². The first-order valence-electron chi connectivity index (χ1n) is 7.69. The monoisotopic (exact) mass is 375 g/mol. The van der Waals surface area contributed by atoms with Crippen LogP contribution in [-0.2, 0) is 16.6 Å². The number of benzene rings is 1. The first-order chi connectivity index (χ1) is 12.1. The number of thiophene rings is 1. The second-order valence-electron chi connectivity index (χ2n) is 5.16. The van der Waals surface area contributed by atoms with Crippen molar-refractivity contribution in [2.75, 3.05) is 17.7 Å². The van der Waals surface area contributed by atoms with Gasteiger partial charge in [0.15, 0.2) is 5.16 Å². The highest BCUT2D eigenvalue weighted by Gasteiger charge is 2.17. The number of aryl methyl sites for hydroxylation is 1. The minimum absolute atomic E-state index is 0.190. The van der Waals surface area contributed by atoms with Crippen molar-refractivity contribution in [1.29, 1.82) is 0 Å². The third kappa shape index (κ3) is 3.85. The van der Waals surface area contributed by atoms with Crippen molar-refractivity contribution < 1.29 is 14.3 Å². The molecular formula is C17H17N3O3S2. The van der Waals surface area contributed by atoms with Crippen LogP contribution in [0.4, 0.5) is 5.00 Å². The number of nitrogens with zero attached hydrogens (tertiary/aromatic N) is 2.